The molecule has 1 aliphatic heterocycles. The van der Waals surface area contributed by atoms with E-state index in [0.717, 1.165) is 13.0 Å². The van der Waals surface area contributed by atoms with Crippen LogP contribution in [0.1, 0.15) is 12.8 Å². The summed E-state index contributed by atoms with van der Waals surface area (Å²) in [7, 11) is 1.60. The average Bonchev–Trinajstić information content (AvgIpc) is 2.59. The lowest BCUT2D eigenvalue weighted by atomic mass is 10.0. The van der Waals surface area contributed by atoms with Crippen LogP contribution in [0.3, 0.4) is 0 Å². The molecule has 0 aliphatic carbocycles. The normalized spacial score (nSPS) is 22.8. The number of nitrogens with one attached hydrogen (secondary N) is 1. The Morgan fingerprint density at radius 1 is 1.60 bits per heavy atom. The van der Waals surface area contributed by atoms with Crippen molar-refractivity contribution < 1.29 is 19.4 Å². The molecule has 5 heteroatoms. The van der Waals surface area contributed by atoms with Crippen molar-refractivity contribution in [1.29, 1.82) is 0 Å². The van der Waals surface area contributed by atoms with Crippen molar-refractivity contribution in [2.75, 3.05) is 33.5 Å². The second-order valence-corrected chi connectivity index (χ2v) is 3.73. The monoisotopic (exact) mass is 217 g/mol. The zero-order chi connectivity index (χ0) is 11.1. The number of hydrogen-bond acceptors (Lipinski definition) is 4. The van der Waals surface area contributed by atoms with Crippen molar-refractivity contribution in [3.8, 4) is 0 Å². The second kappa shape index (κ2) is 6.76. The van der Waals surface area contributed by atoms with Crippen LogP contribution in [0.15, 0.2) is 0 Å². The molecule has 1 heterocycles. The Hall–Kier alpha value is -0.650. The number of hydrogen-bond donors (Lipinski definition) is 2. The summed E-state index contributed by atoms with van der Waals surface area (Å²) in [6.07, 6.45) is 0.739. The summed E-state index contributed by atoms with van der Waals surface area (Å²) in [5.74, 6) is -0.00281. The second-order valence-electron chi connectivity index (χ2n) is 3.73. The lowest BCUT2D eigenvalue weighted by molar-refractivity contribution is -0.123. The molecule has 0 aromatic carbocycles. The lowest BCUT2D eigenvalue weighted by Gasteiger charge is -2.13. The third kappa shape index (κ3) is 4.59. The van der Waals surface area contributed by atoms with Crippen molar-refractivity contribution in [2.45, 2.75) is 18.9 Å². The topological polar surface area (TPSA) is 67.8 Å². The standard InChI is InChI=1S/C10H19NO4/c1-14-4-5-15-7-9(12)6-8-2-3-11-10(8)13/h8-9,12H,2-7H2,1H3,(H,11,13). The Morgan fingerprint density at radius 3 is 3.00 bits per heavy atom. The third-order valence-electron chi connectivity index (χ3n) is 2.46. The quantitative estimate of drug-likeness (QED) is 0.566. The first-order valence-electron chi connectivity index (χ1n) is 5.26. The van der Waals surface area contributed by atoms with Gasteiger partial charge in [0.2, 0.25) is 5.91 Å². The van der Waals surface area contributed by atoms with Crippen LogP contribution in [0.2, 0.25) is 0 Å². The number of ether oxygens (including phenoxy) is 2. The van der Waals surface area contributed by atoms with Gasteiger partial charge < -0.3 is 19.9 Å². The van der Waals surface area contributed by atoms with Crippen molar-refractivity contribution in [2.24, 2.45) is 5.92 Å². The first-order chi connectivity index (χ1) is 7.24. The van der Waals surface area contributed by atoms with Crippen LogP contribution in [0.5, 0.6) is 0 Å². The van der Waals surface area contributed by atoms with Gasteiger partial charge in [-0.25, -0.2) is 0 Å². The number of aliphatic hydroxyl groups is 1. The molecule has 1 fully saturated rings. The molecule has 0 bridgehead atoms. The minimum Gasteiger partial charge on any atom is -0.391 e. The predicted octanol–water partition coefficient (Wildman–Crippen LogP) is -0.463. The smallest absolute Gasteiger partial charge is 0.223 e. The number of carbonyl (C=O) groups is 1. The van der Waals surface area contributed by atoms with Crippen LogP contribution >= 0.6 is 0 Å². The molecule has 2 N–H and O–H groups in total. The summed E-state index contributed by atoms with van der Waals surface area (Å²) in [5.41, 5.74) is 0. The van der Waals surface area contributed by atoms with Crippen molar-refractivity contribution in [3.05, 3.63) is 0 Å². The minimum absolute atomic E-state index is 0.0472. The van der Waals surface area contributed by atoms with Gasteiger partial charge in [-0.15, -0.1) is 0 Å². The van der Waals surface area contributed by atoms with E-state index in [1.807, 2.05) is 0 Å². The van der Waals surface area contributed by atoms with Crippen molar-refractivity contribution >= 4 is 5.91 Å². The van der Waals surface area contributed by atoms with E-state index in [1.54, 1.807) is 7.11 Å². The molecule has 1 aliphatic rings. The zero-order valence-corrected chi connectivity index (χ0v) is 9.07. The molecule has 0 spiro atoms. The largest absolute Gasteiger partial charge is 0.391 e. The van der Waals surface area contributed by atoms with E-state index < -0.39 is 6.10 Å². The van der Waals surface area contributed by atoms with Crippen LogP contribution in [0, 0.1) is 5.92 Å². The first kappa shape index (κ1) is 12.4. The molecule has 1 saturated heterocycles. The van der Waals surface area contributed by atoms with Gasteiger partial charge >= 0.3 is 0 Å². The summed E-state index contributed by atoms with van der Waals surface area (Å²) >= 11 is 0. The van der Waals surface area contributed by atoms with Gasteiger partial charge in [0.1, 0.15) is 0 Å². The molecule has 1 rings (SSSR count). The summed E-state index contributed by atoms with van der Waals surface area (Å²) in [6.45, 7) is 1.99. The van der Waals surface area contributed by atoms with E-state index in [9.17, 15) is 9.90 Å². The number of carbonyl (C=O) groups excluding carboxylic acids is 1. The van der Waals surface area contributed by atoms with Gasteiger partial charge in [0.05, 0.1) is 25.9 Å². The summed E-state index contributed by atoms with van der Waals surface area (Å²) in [4.78, 5) is 11.2. The number of amides is 1. The molecule has 0 aromatic heterocycles. The lowest BCUT2D eigenvalue weighted by Crippen LogP contribution is -2.25. The minimum atomic E-state index is -0.560. The molecule has 15 heavy (non-hydrogen) atoms. The maximum absolute atomic E-state index is 11.2. The third-order valence-corrected chi connectivity index (χ3v) is 2.46. The molecule has 5 nitrogen and oxygen atoms in total. The van der Waals surface area contributed by atoms with Gasteiger partial charge in [0.25, 0.3) is 0 Å². The highest BCUT2D eigenvalue weighted by molar-refractivity contribution is 5.80. The van der Waals surface area contributed by atoms with Gasteiger partial charge in [-0.2, -0.15) is 0 Å². The SMILES string of the molecule is COCCOCC(O)CC1CCNC1=O. The maximum Gasteiger partial charge on any atom is 0.223 e. The number of aliphatic hydroxyl groups excluding tert-OH is 1. The average molecular weight is 217 g/mol. The molecule has 0 radical (unpaired) electrons. The van der Waals surface area contributed by atoms with E-state index in [1.165, 1.54) is 0 Å². The highest BCUT2D eigenvalue weighted by atomic mass is 16.5. The zero-order valence-electron chi connectivity index (χ0n) is 9.07. The Kier molecular flexibility index (Phi) is 5.60. The van der Waals surface area contributed by atoms with Crippen LogP contribution in [-0.2, 0) is 14.3 Å². The van der Waals surface area contributed by atoms with E-state index in [-0.39, 0.29) is 18.4 Å². The highest BCUT2D eigenvalue weighted by Gasteiger charge is 2.26. The van der Waals surface area contributed by atoms with E-state index >= 15 is 0 Å². The highest BCUT2D eigenvalue weighted by Crippen LogP contribution is 2.15. The first-order valence-corrected chi connectivity index (χ1v) is 5.26. The number of rotatable bonds is 7. The molecule has 2 unspecified atom stereocenters. The summed E-state index contributed by atoms with van der Waals surface area (Å²) < 4.78 is 9.98. The van der Waals surface area contributed by atoms with E-state index in [2.05, 4.69) is 5.32 Å². The Balaban J connectivity index is 2.07. The van der Waals surface area contributed by atoms with Crippen LogP contribution in [0.25, 0.3) is 0 Å². The van der Waals surface area contributed by atoms with Crippen molar-refractivity contribution in [1.82, 2.24) is 5.32 Å². The molecule has 88 valence electrons. The van der Waals surface area contributed by atoms with Crippen LogP contribution in [0.4, 0.5) is 0 Å². The molecule has 0 saturated carbocycles. The van der Waals surface area contributed by atoms with E-state index in [4.69, 9.17) is 9.47 Å². The molecule has 1 amide bonds. The predicted molar refractivity (Wildman–Crippen MR) is 54.4 cm³/mol. The van der Waals surface area contributed by atoms with Crippen LogP contribution in [-0.4, -0.2) is 50.6 Å². The fraction of sp³-hybridized carbons (Fsp3) is 0.900. The van der Waals surface area contributed by atoms with Gasteiger partial charge in [-0.3, -0.25) is 4.79 Å². The maximum atomic E-state index is 11.2. The Labute approximate surface area is 89.8 Å². The molecular formula is C10H19NO4. The van der Waals surface area contributed by atoms with Crippen molar-refractivity contribution in [3.63, 3.8) is 0 Å². The van der Waals surface area contributed by atoms with Gasteiger partial charge in [0.15, 0.2) is 0 Å². The Bertz CT molecular complexity index is 198. The van der Waals surface area contributed by atoms with Crippen LogP contribution < -0.4 is 5.32 Å². The Morgan fingerprint density at radius 2 is 2.40 bits per heavy atom. The molecule has 2 atom stereocenters. The summed E-state index contributed by atoms with van der Waals surface area (Å²) in [5, 5.41) is 12.3. The fourth-order valence-electron chi connectivity index (χ4n) is 1.63. The van der Waals surface area contributed by atoms with E-state index in [0.29, 0.717) is 19.6 Å². The fourth-order valence-corrected chi connectivity index (χ4v) is 1.63. The van der Waals surface area contributed by atoms with Gasteiger partial charge in [-0.1, -0.05) is 0 Å². The van der Waals surface area contributed by atoms with Gasteiger partial charge in [0, 0.05) is 19.6 Å². The summed E-state index contributed by atoms with van der Waals surface area (Å²) in [6, 6.07) is 0. The number of methoxy groups -OCH3 is 1. The molecule has 0 aromatic rings. The van der Waals surface area contributed by atoms with Gasteiger partial charge in [-0.05, 0) is 12.8 Å². The molecular weight excluding hydrogens is 198 g/mol.